The third kappa shape index (κ3) is 7.03. The van der Waals surface area contributed by atoms with Crippen LogP contribution in [0.3, 0.4) is 0 Å². The smallest absolute Gasteiger partial charge is 0.264 e. The molecule has 0 spiro atoms. The Labute approximate surface area is 239 Å². The molecule has 0 aliphatic rings. The summed E-state index contributed by atoms with van der Waals surface area (Å²) in [6, 6.07) is 16.7. The molecule has 0 aliphatic heterocycles. The van der Waals surface area contributed by atoms with Crippen molar-refractivity contribution in [3.63, 3.8) is 0 Å². The maximum absolute atomic E-state index is 14.0. The number of aryl methyl sites for hydroxylation is 1. The quantitative estimate of drug-likeness (QED) is 0.336. The van der Waals surface area contributed by atoms with E-state index >= 15 is 0 Å². The second kappa shape index (κ2) is 13.2. The number of hydrogen-bond acceptors (Lipinski definition) is 5. The predicted octanol–water partition coefficient (Wildman–Crippen LogP) is 5.06. The molecule has 39 heavy (non-hydrogen) atoms. The number of nitrogens with one attached hydrogen (secondary N) is 1. The number of halogens is 2. The van der Waals surface area contributed by atoms with Crippen LogP contribution in [0.25, 0.3) is 0 Å². The van der Waals surface area contributed by atoms with Crippen molar-refractivity contribution in [2.24, 2.45) is 0 Å². The van der Waals surface area contributed by atoms with Crippen molar-refractivity contribution < 1.29 is 22.7 Å². The van der Waals surface area contributed by atoms with E-state index in [0.717, 1.165) is 9.87 Å². The van der Waals surface area contributed by atoms with Crippen LogP contribution in [-0.4, -0.2) is 51.9 Å². The first-order valence-electron chi connectivity index (χ1n) is 12.2. The van der Waals surface area contributed by atoms with E-state index in [1.165, 1.54) is 31.2 Å². The first-order chi connectivity index (χ1) is 18.5. The highest BCUT2D eigenvalue weighted by Crippen LogP contribution is 2.29. The number of anilines is 1. The Hall–Kier alpha value is -3.27. The summed E-state index contributed by atoms with van der Waals surface area (Å²) in [5, 5.41) is 3.23. The molecular weight excluding hydrogens is 561 g/mol. The van der Waals surface area contributed by atoms with Gasteiger partial charge in [-0.2, -0.15) is 0 Å². The molecule has 3 rings (SSSR count). The third-order valence-corrected chi connectivity index (χ3v) is 8.77. The highest BCUT2D eigenvalue weighted by Gasteiger charge is 2.34. The maximum Gasteiger partial charge on any atom is 0.264 e. The number of nitrogens with zero attached hydrogens (tertiary/aromatic N) is 2. The first-order valence-corrected chi connectivity index (χ1v) is 14.4. The average molecular weight is 593 g/mol. The lowest BCUT2D eigenvalue weighted by atomic mass is 10.1. The van der Waals surface area contributed by atoms with E-state index in [4.69, 9.17) is 27.9 Å². The molecule has 8 nitrogen and oxygen atoms in total. The van der Waals surface area contributed by atoms with Crippen molar-refractivity contribution in [2.75, 3.05) is 25.0 Å². The number of carbonyl (C=O) groups excluding carboxylic acids is 2. The molecule has 208 valence electrons. The van der Waals surface area contributed by atoms with Crippen LogP contribution in [0.4, 0.5) is 5.69 Å². The molecule has 0 radical (unpaired) electrons. The van der Waals surface area contributed by atoms with Gasteiger partial charge in [-0.25, -0.2) is 8.42 Å². The van der Waals surface area contributed by atoms with Gasteiger partial charge in [0.15, 0.2) is 0 Å². The van der Waals surface area contributed by atoms with Crippen LogP contribution >= 0.6 is 23.2 Å². The summed E-state index contributed by atoms with van der Waals surface area (Å²) < 4.78 is 33.9. The molecule has 3 aromatic carbocycles. The number of likely N-dealkylation sites (N-methyl/N-ethyl adjacent to an activating group) is 1. The van der Waals surface area contributed by atoms with Gasteiger partial charge in [-0.3, -0.25) is 13.9 Å². The van der Waals surface area contributed by atoms with E-state index in [1.54, 1.807) is 61.5 Å². The zero-order valence-corrected chi connectivity index (χ0v) is 24.5. The standard InChI is InChI=1S/C28H31Cl2N3O5S/c1-5-26(28(35)31-3)32(17-23-24(29)7-6-8-25(23)30)27(34)18-33(20-11-13-21(38-4)14-12-20)39(36,37)22-15-9-19(2)10-16-22/h6-16,26H,5,17-18H2,1-4H3,(H,31,35)/t26-/m0/s1. The molecule has 3 aromatic rings. The maximum atomic E-state index is 14.0. The van der Waals surface area contributed by atoms with Crippen molar-refractivity contribution >= 4 is 50.7 Å². The number of methoxy groups -OCH3 is 1. The van der Waals surface area contributed by atoms with Gasteiger partial charge in [0.05, 0.1) is 17.7 Å². The fourth-order valence-electron chi connectivity index (χ4n) is 4.05. The number of hydrogen-bond donors (Lipinski definition) is 1. The first kappa shape index (κ1) is 30.3. The Morgan fingerprint density at radius 2 is 1.56 bits per heavy atom. The van der Waals surface area contributed by atoms with E-state index in [-0.39, 0.29) is 23.5 Å². The van der Waals surface area contributed by atoms with Crippen LogP contribution in [-0.2, 0) is 26.2 Å². The van der Waals surface area contributed by atoms with Gasteiger partial charge in [0.2, 0.25) is 11.8 Å². The number of benzene rings is 3. The molecule has 0 aliphatic carbocycles. The molecule has 1 N–H and O–H groups in total. The molecule has 0 fully saturated rings. The summed E-state index contributed by atoms with van der Waals surface area (Å²) in [7, 11) is -1.20. The number of sulfonamides is 1. The minimum atomic E-state index is -4.17. The molecule has 1 atom stereocenters. The van der Waals surface area contributed by atoms with Crippen molar-refractivity contribution in [1.29, 1.82) is 0 Å². The highest BCUT2D eigenvalue weighted by atomic mass is 35.5. The third-order valence-electron chi connectivity index (χ3n) is 6.27. The van der Waals surface area contributed by atoms with Crippen molar-refractivity contribution in [3.05, 3.63) is 87.9 Å². The van der Waals surface area contributed by atoms with E-state index in [1.807, 2.05) is 6.92 Å². The SMILES string of the molecule is CC[C@@H](C(=O)NC)N(Cc1c(Cl)cccc1Cl)C(=O)CN(c1ccc(OC)cc1)S(=O)(=O)c1ccc(C)cc1. The molecule has 0 unspecified atom stereocenters. The molecule has 0 saturated carbocycles. The van der Waals surface area contributed by atoms with E-state index in [0.29, 0.717) is 21.4 Å². The largest absolute Gasteiger partial charge is 0.497 e. The van der Waals surface area contributed by atoms with E-state index in [2.05, 4.69) is 5.32 Å². The summed E-state index contributed by atoms with van der Waals surface area (Å²) in [6.45, 7) is 2.95. The minimum Gasteiger partial charge on any atom is -0.497 e. The van der Waals surface area contributed by atoms with Crippen LogP contribution in [0, 0.1) is 6.92 Å². The average Bonchev–Trinajstić information content (AvgIpc) is 2.93. The van der Waals surface area contributed by atoms with Gasteiger partial charge in [0, 0.05) is 29.2 Å². The number of carbonyl (C=O) groups is 2. The summed E-state index contributed by atoms with van der Waals surface area (Å²) in [6.07, 6.45) is 0.279. The Kier molecular flexibility index (Phi) is 10.2. The lowest BCUT2D eigenvalue weighted by Gasteiger charge is -2.33. The Balaban J connectivity index is 2.10. The molecular formula is C28H31Cl2N3O5S. The second-order valence-corrected chi connectivity index (χ2v) is 11.5. The molecule has 0 aromatic heterocycles. The lowest BCUT2D eigenvalue weighted by molar-refractivity contribution is -0.140. The van der Waals surface area contributed by atoms with Gasteiger partial charge in [-0.15, -0.1) is 0 Å². The number of ether oxygens (including phenoxy) is 1. The van der Waals surface area contributed by atoms with E-state index in [9.17, 15) is 18.0 Å². The zero-order valence-electron chi connectivity index (χ0n) is 22.1. The molecule has 2 amide bonds. The fourth-order valence-corrected chi connectivity index (χ4v) is 5.99. The van der Waals surface area contributed by atoms with Crippen LogP contribution < -0.4 is 14.4 Å². The summed E-state index contributed by atoms with van der Waals surface area (Å²) >= 11 is 12.8. The van der Waals surface area contributed by atoms with Crippen LogP contribution in [0.5, 0.6) is 5.75 Å². The molecule has 11 heteroatoms. The second-order valence-electron chi connectivity index (χ2n) is 8.78. The topological polar surface area (TPSA) is 96.0 Å². The predicted molar refractivity (Wildman–Crippen MR) is 154 cm³/mol. The van der Waals surface area contributed by atoms with Gasteiger partial charge in [0.25, 0.3) is 10.0 Å². The van der Waals surface area contributed by atoms with Crippen LogP contribution in [0.1, 0.15) is 24.5 Å². The van der Waals surface area contributed by atoms with Crippen LogP contribution in [0.15, 0.2) is 71.6 Å². The van der Waals surface area contributed by atoms with Gasteiger partial charge in [-0.1, -0.05) is 53.9 Å². The summed E-state index contributed by atoms with van der Waals surface area (Å²) in [5.41, 5.74) is 1.60. The van der Waals surface area contributed by atoms with Crippen molar-refractivity contribution in [1.82, 2.24) is 10.2 Å². The molecule has 0 saturated heterocycles. The zero-order chi connectivity index (χ0) is 28.7. The highest BCUT2D eigenvalue weighted by molar-refractivity contribution is 7.92. The molecule has 0 bridgehead atoms. The van der Waals surface area contributed by atoms with Crippen LogP contribution in [0.2, 0.25) is 10.0 Å². The number of rotatable bonds is 11. The van der Waals surface area contributed by atoms with Crippen molar-refractivity contribution in [3.8, 4) is 5.75 Å². The van der Waals surface area contributed by atoms with Gasteiger partial charge >= 0.3 is 0 Å². The normalized spacial score (nSPS) is 11.9. The van der Waals surface area contributed by atoms with E-state index < -0.39 is 34.4 Å². The molecule has 0 heterocycles. The van der Waals surface area contributed by atoms with Crippen molar-refractivity contribution in [2.45, 2.75) is 37.8 Å². The van der Waals surface area contributed by atoms with Gasteiger partial charge in [-0.05, 0) is 61.9 Å². The monoisotopic (exact) mass is 591 g/mol. The Morgan fingerprint density at radius 3 is 2.08 bits per heavy atom. The summed E-state index contributed by atoms with van der Waals surface area (Å²) in [4.78, 5) is 28.1. The minimum absolute atomic E-state index is 0.0239. The Morgan fingerprint density at radius 1 is 0.974 bits per heavy atom. The fraction of sp³-hybridized carbons (Fsp3) is 0.286. The lowest BCUT2D eigenvalue weighted by Crippen LogP contribution is -2.51. The summed E-state index contributed by atoms with van der Waals surface area (Å²) in [5.74, 6) is -0.474. The Bertz CT molecular complexity index is 1390. The van der Waals surface area contributed by atoms with Gasteiger partial charge < -0.3 is 15.0 Å². The van der Waals surface area contributed by atoms with Gasteiger partial charge in [0.1, 0.15) is 18.3 Å². The number of amides is 2.